The van der Waals surface area contributed by atoms with Crippen LogP contribution in [0.2, 0.25) is 0 Å². The van der Waals surface area contributed by atoms with E-state index >= 15 is 0 Å². The summed E-state index contributed by atoms with van der Waals surface area (Å²) in [5.41, 5.74) is -0.0261. The smallest absolute Gasteiger partial charge is 0.258 e. The van der Waals surface area contributed by atoms with Crippen molar-refractivity contribution < 1.29 is 22.0 Å². The SMILES string of the molecule is CC(C)NS(=O)(=O)c1ccc(NC(=O)c2ccc(F)cc2F)cc1. The molecule has 2 aromatic carbocycles. The van der Waals surface area contributed by atoms with Gasteiger partial charge in [-0.05, 0) is 50.2 Å². The van der Waals surface area contributed by atoms with Crippen molar-refractivity contribution in [1.29, 1.82) is 0 Å². The van der Waals surface area contributed by atoms with E-state index in [4.69, 9.17) is 0 Å². The first-order valence-electron chi connectivity index (χ1n) is 7.08. The minimum Gasteiger partial charge on any atom is -0.322 e. The average Bonchev–Trinajstić information content (AvgIpc) is 2.46. The van der Waals surface area contributed by atoms with Crippen molar-refractivity contribution in [2.45, 2.75) is 24.8 Å². The van der Waals surface area contributed by atoms with Gasteiger partial charge in [0.15, 0.2) is 0 Å². The van der Waals surface area contributed by atoms with Gasteiger partial charge in [0, 0.05) is 17.8 Å². The van der Waals surface area contributed by atoms with E-state index < -0.39 is 27.6 Å². The topological polar surface area (TPSA) is 75.3 Å². The van der Waals surface area contributed by atoms with Crippen LogP contribution in [-0.2, 0) is 10.0 Å². The molecule has 0 bridgehead atoms. The number of anilines is 1. The summed E-state index contributed by atoms with van der Waals surface area (Å²) in [5, 5.41) is 2.42. The number of nitrogens with one attached hydrogen (secondary N) is 2. The Balaban J connectivity index is 2.16. The standard InChI is InChI=1S/C16H16F2N2O3S/c1-10(2)20-24(22,23)13-6-4-12(5-7-13)19-16(21)14-8-3-11(17)9-15(14)18/h3-10,20H,1-2H3,(H,19,21). The van der Waals surface area contributed by atoms with Crippen molar-refractivity contribution in [3.05, 3.63) is 59.7 Å². The largest absolute Gasteiger partial charge is 0.322 e. The Morgan fingerprint density at radius 1 is 1.04 bits per heavy atom. The zero-order chi connectivity index (χ0) is 17.9. The number of sulfonamides is 1. The number of amides is 1. The first-order valence-corrected chi connectivity index (χ1v) is 8.56. The van der Waals surface area contributed by atoms with Crippen LogP contribution in [0, 0.1) is 11.6 Å². The zero-order valence-corrected chi connectivity index (χ0v) is 13.8. The molecular weight excluding hydrogens is 338 g/mol. The molecule has 0 aliphatic carbocycles. The minimum atomic E-state index is -3.63. The molecule has 0 saturated heterocycles. The highest BCUT2D eigenvalue weighted by Crippen LogP contribution is 2.16. The van der Waals surface area contributed by atoms with Gasteiger partial charge in [-0.3, -0.25) is 4.79 Å². The van der Waals surface area contributed by atoms with E-state index in [1.807, 2.05) is 0 Å². The first kappa shape index (κ1) is 18.0. The van der Waals surface area contributed by atoms with Gasteiger partial charge in [-0.25, -0.2) is 21.9 Å². The second-order valence-corrected chi connectivity index (χ2v) is 7.09. The fourth-order valence-corrected chi connectivity index (χ4v) is 3.22. The van der Waals surface area contributed by atoms with Gasteiger partial charge in [0.05, 0.1) is 10.5 Å². The lowest BCUT2D eigenvalue weighted by Crippen LogP contribution is -2.30. The Labute approximate surface area is 138 Å². The normalized spacial score (nSPS) is 11.5. The zero-order valence-electron chi connectivity index (χ0n) is 13.0. The Morgan fingerprint density at radius 3 is 2.21 bits per heavy atom. The predicted molar refractivity (Wildman–Crippen MR) is 86.2 cm³/mol. The summed E-state index contributed by atoms with van der Waals surface area (Å²) in [6.07, 6.45) is 0. The lowest BCUT2D eigenvalue weighted by atomic mass is 10.2. The second-order valence-electron chi connectivity index (χ2n) is 5.38. The molecule has 0 spiro atoms. The molecule has 0 saturated carbocycles. The third-order valence-corrected chi connectivity index (χ3v) is 4.66. The minimum absolute atomic E-state index is 0.0437. The number of carbonyl (C=O) groups is 1. The van der Waals surface area contributed by atoms with Crippen molar-refractivity contribution in [3.8, 4) is 0 Å². The van der Waals surface area contributed by atoms with Gasteiger partial charge in [0.1, 0.15) is 11.6 Å². The van der Waals surface area contributed by atoms with Crippen LogP contribution in [0.4, 0.5) is 14.5 Å². The second kappa shape index (κ2) is 7.06. The summed E-state index contributed by atoms with van der Waals surface area (Å²) in [5.74, 6) is -2.52. The van der Waals surface area contributed by atoms with E-state index in [0.29, 0.717) is 6.07 Å². The van der Waals surface area contributed by atoms with Crippen LogP contribution < -0.4 is 10.0 Å². The number of hydrogen-bond acceptors (Lipinski definition) is 3. The highest BCUT2D eigenvalue weighted by molar-refractivity contribution is 7.89. The maximum Gasteiger partial charge on any atom is 0.258 e. The van der Waals surface area contributed by atoms with E-state index in [9.17, 15) is 22.0 Å². The molecule has 24 heavy (non-hydrogen) atoms. The molecule has 0 atom stereocenters. The van der Waals surface area contributed by atoms with E-state index in [1.54, 1.807) is 13.8 Å². The summed E-state index contributed by atoms with van der Waals surface area (Å²) in [6.45, 7) is 3.40. The molecule has 0 unspecified atom stereocenters. The number of carbonyl (C=O) groups excluding carboxylic acids is 1. The van der Waals surface area contributed by atoms with Crippen molar-refractivity contribution in [1.82, 2.24) is 4.72 Å². The molecule has 0 aliphatic heterocycles. The first-order chi connectivity index (χ1) is 11.2. The van der Waals surface area contributed by atoms with E-state index in [2.05, 4.69) is 10.0 Å². The molecule has 2 N–H and O–H groups in total. The molecule has 2 rings (SSSR count). The van der Waals surface area contributed by atoms with Crippen LogP contribution >= 0.6 is 0 Å². The Bertz CT molecular complexity index is 850. The molecule has 5 nitrogen and oxygen atoms in total. The number of hydrogen-bond donors (Lipinski definition) is 2. The monoisotopic (exact) mass is 354 g/mol. The van der Waals surface area contributed by atoms with Gasteiger partial charge < -0.3 is 5.32 Å². The molecular formula is C16H16F2N2O3S. The lowest BCUT2D eigenvalue weighted by Gasteiger charge is -2.10. The quantitative estimate of drug-likeness (QED) is 0.867. The lowest BCUT2D eigenvalue weighted by molar-refractivity contribution is 0.102. The molecule has 1 amide bonds. The van der Waals surface area contributed by atoms with Crippen LogP contribution in [0.25, 0.3) is 0 Å². The Hall–Kier alpha value is -2.32. The summed E-state index contributed by atoms with van der Waals surface area (Å²) in [4.78, 5) is 12.0. The van der Waals surface area contributed by atoms with Crippen LogP contribution in [0.3, 0.4) is 0 Å². The van der Waals surface area contributed by atoms with Gasteiger partial charge in [-0.1, -0.05) is 0 Å². The fourth-order valence-electron chi connectivity index (χ4n) is 1.97. The van der Waals surface area contributed by atoms with Gasteiger partial charge in [-0.2, -0.15) is 0 Å². The highest BCUT2D eigenvalue weighted by Gasteiger charge is 2.16. The maximum atomic E-state index is 13.6. The summed E-state index contributed by atoms with van der Waals surface area (Å²) in [6, 6.07) is 7.78. The Kier molecular flexibility index (Phi) is 5.30. The van der Waals surface area contributed by atoms with Crippen molar-refractivity contribution in [2.24, 2.45) is 0 Å². The van der Waals surface area contributed by atoms with Gasteiger partial charge in [-0.15, -0.1) is 0 Å². The predicted octanol–water partition coefficient (Wildman–Crippen LogP) is 2.90. The molecule has 2 aromatic rings. The number of benzene rings is 2. The number of halogens is 2. The number of rotatable bonds is 5. The molecule has 8 heteroatoms. The van der Waals surface area contributed by atoms with E-state index in [0.717, 1.165) is 12.1 Å². The molecule has 0 fully saturated rings. The third kappa shape index (κ3) is 4.36. The van der Waals surface area contributed by atoms with Crippen LogP contribution in [-0.4, -0.2) is 20.4 Å². The molecule has 0 aromatic heterocycles. The van der Waals surface area contributed by atoms with Gasteiger partial charge in [0.25, 0.3) is 5.91 Å². The van der Waals surface area contributed by atoms with Crippen molar-refractivity contribution in [3.63, 3.8) is 0 Å². The molecule has 128 valence electrons. The molecule has 0 heterocycles. The molecule has 0 aliphatic rings. The van der Waals surface area contributed by atoms with E-state index in [-0.39, 0.29) is 22.2 Å². The van der Waals surface area contributed by atoms with Crippen LogP contribution in [0.5, 0.6) is 0 Å². The van der Waals surface area contributed by atoms with Crippen molar-refractivity contribution in [2.75, 3.05) is 5.32 Å². The fraction of sp³-hybridized carbons (Fsp3) is 0.188. The van der Waals surface area contributed by atoms with Gasteiger partial charge in [0.2, 0.25) is 10.0 Å². The summed E-state index contributed by atoms with van der Waals surface area (Å²) < 4.78 is 52.8. The highest BCUT2D eigenvalue weighted by atomic mass is 32.2. The summed E-state index contributed by atoms with van der Waals surface area (Å²) >= 11 is 0. The maximum absolute atomic E-state index is 13.6. The van der Waals surface area contributed by atoms with Gasteiger partial charge >= 0.3 is 0 Å². The van der Waals surface area contributed by atoms with Crippen LogP contribution in [0.15, 0.2) is 47.4 Å². The summed E-state index contributed by atoms with van der Waals surface area (Å²) in [7, 11) is -3.63. The molecule has 0 radical (unpaired) electrons. The average molecular weight is 354 g/mol. The van der Waals surface area contributed by atoms with Crippen LogP contribution in [0.1, 0.15) is 24.2 Å². The Morgan fingerprint density at radius 2 is 1.67 bits per heavy atom. The third-order valence-electron chi connectivity index (χ3n) is 2.99. The van der Waals surface area contributed by atoms with E-state index in [1.165, 1.54) is 24.3 Å². The van der Waals surface area contributed by atoms with Crippen molar-refractivity contribution >= 4 is 21.6 Å².